The molecule has 1 radical (unpaired) electrons. The highest BCUT2D eigenvalue weighted by atomic mass is 16.7. The molecule has 1 amide bonds. The van der Waals surface area contributed by atoms with Crippen LogP contribution in [0.15, 0.2) is 48.5 Å². The van der Waals surface area contributed by atoms with Gasteiger partial charge >= 0.3 is 0 Å². The molecule has 0 aliphatic heterocycles. The van der Waals surface area contributed by atoms with E-state index >= 15 is 0 Å². The SMILES string of the molecule is N#Cc1c[c]c(N(C=O)OCc2ccccc2)cc1. The molecule has 4 nitrogen and oxygen atoms in total. The smallest absolute Gasteiger partial charge is 0.238 e. The van der Waals surface area contributed by atoms with Crippen LogP contribution in [0.1, 0.15) is 11.1 Å². The van der Waals surface area contributed by atoms with Gasteiger partial charge in [0.15, 0.2) is 0 Å². The standard InChI is InChI=1S/C15H11N2O2/c16-10-13-6-8-15(9-7-13)17(12-18)19-11-14-4-2-1-3-5-14/h1-8,12H,11H2. The van der Waals surface area contributed by atoms with E-state index in [9.17, 15) is 4.79 Å². The Kier molecular flexibility index (Phi) is 4.27. The van der Waals surface area contributed by atoms with E-state index in [1.54, 1.807) is 12.1 Å². The van der Waals surface area contributed by atoms with E-state index in [-0.39, 0.29) is 6.61 Å². The molecule has 0 spiro atoms. The second-order valence-corrected chi connectivity index (χ2v) is 3.76. The zero-order chi connectivity index (χ0) is 13.5. The van der Waals surface area contributed by atoms with Crippen LogP contribution < -0.4 is 5.06 Å². The van der Waals surface area contributed by atoms with Crippen molar-refractivity contribution in [2.24, 2.45) is 0 Å². The molecule has 0 heterocycles. The first-order valence-electron chi connectivity index (χ1n) is 5.66. The lowest BCUT2D eigenvalue weighted by molar-refractivity contribution is -0.114. The van der Waals surface area contributed by atoms with Crippen molar-refractivity contribution in [3.8, 4) is 6.07 Å². The predicted molar refractivity (Wildman–Crippen MR) is 69.8 cm³/mol. The summed E-state index contributed by atoms with van der Waals surface area (Å²) < 4.78 is 0. The first-order valence-corrected chi connectivity index (χ1v) is 5.66. The van der Waals surface area contributed by atoms with Crippen molar-refractivity contribution >= 4 is 12.1 Å². The fourth-order valence-corrected chi connectivity index (χ4v) is 1.50. The zero-order valence-corrected chi connectivity index (χ0v) is 10.1. The van der Waals surface area contributed by atoms with Crippen molar-refractivity contribution in [1.29, 1.82) is 5.26 Å². The molecule has 0 bridgehead atoms. The van der Waals surface area contributed by atoms with Gasteiger partial charge in [0, 0.05) is 6.07 Å². The molecule has 93 valence electrons. The van der Waals surface area contributed by atoms with Crippen molar-refractivity contribution in [3.63, 3.8) is 0 Å². The Morgan fingerprint density at radius 1 is 1.26 bits per heavy atom. The van der Waals surface area contributed by atoms with Crippen molar-refractivity contribution in [2.45, 2.75) is 6.61 Å². The van der Waals surface area contributed by atoms with Crippen LogP contribution in [0.5, 0.6) is 0 Å². The van der Waals surface area contributed by atoms with Gasteiger partial charge in [0.25, 0.3) is 0 Å². The molecule has 0 N–H and O–H groups in total. The number of nitrogens with zero attached hydrogens (tertiary/aromatic N) is 2. The molecular weight excluding hydrogens is 240 g/mol. The molecule has 0 aliphatic carbocycles. The van der Waals surface area contributed by atoms with Crippen LogP contribution in [0, 0.1) is 17.4 Å². The summed E-state index contributed by atoms with van der Waals surface area (Å²) >= 11 is 0. The first-order chi connectivity index (χ1) is 9.33. The first kappa shape index (κ1) is 12.8. The summed E-state index contributed by atoms with van der Waals surface area (Å²) in [5, 5.41) is 9.78. The monoisotopic (exact) mass is 251 g/mol. The Morgan fingerprint density at radius 3 is 2.63 bits per heavy atom. The fourth-order valence-electron chi connectivity index (χ4n) is 1.50. The van der Waals surface area contributed by atoms with E-state index in [1.165, 1.54) is 6.07 Å². The van der Waals surface area contributed by atoms with E-state index in [4.69, 9.17) is 10.1 Å². The van der Waals surface area contributed by atoms with Gasteiger partial charge in [-0.15, -0.1) is 0 Å². The number of carbonyl (C=O) groups excluding carboxylic acids is 1. The Hall–Kier alpha value is -2.64. The molecule has 0 saturated carbocycles. The third-order valence-corrected chi connectivity index (χ3v) is 2.47. The zero-order valence-electron chi connectivity index (χ0n) is 10.1. The highest BCUT2D eigenvalue weighted by Crippen LogP contribution is 2.14. The molecule has 0 atom stereocenters. The topological polar surface area (TPSA) is 53.3 Å². The summed E-state index contributed by atoms with van der Waals surface area (Å²) in [4.78, 5) is 16.4. The van der Waals surface area contributed by atoms with Crippen LogP contribution in [-0.4, -0.2) is 6.41 Å². The number of carbonyl (C=O) groups is 1. The highest BCUT2D eigenvalue weighted by Gasteiger charge is 2.06. The Bertz CT molecular complexity index is 573. The number of anilines is 1. The molecule has 0 aromatic heterocycles. The third kappa shape index (κ3) is 3.41. The highest BCUT2D eigenvalue weighted by molar-refractivity contribution is 5.71. The number of amides is 1. The van der Waals surface area contributed by atoms with Crippen molar-refractivity contribution < 1.29 is 9.63 Å². The van der Waals surface area contributed by atoms with Crippen LogP contribution in [-0.2, 0) is 16.2 Å². The molecule has 0 aliphatic rings. The second kappa shape index (κ2) is 6.34. The average Bonchev–Trinajstić information content (AvgIpc) is 2.49. The molecule has 2 aromatic rings. The minimum atomic E-state index is 0.285. The van der Waals surface area contributed by atoms with Crippen molar-refractivity contribution in [3.05, 3.63) is 65.7 Å². The second-order valence-electron chi connectivity index (χ2n) is 3.76. The molecule has 2 rings (SSSR count). The number of hydrogen-bond donors (Lipinski definition) is 0. The van der Waals surface area contributed by atoms with Crippen LogP contribution in [0.25, 0.3) is 0 Å². The van der Waals surface area contributed by atoms with Gasteiger partial charge in [-0.2, -0.15) is 10.3 Å². The summed E-state index contributed by atoms with van der Waals surface area (Å²) in [6, 6.07) is 19.1. The van der Waals surface area contributed by atoms with Crippen LogP contribution in [0.4, 0.5) is 5.69 Å². The molecule has 0 unspecified atom stereocenters. The van der Waals surface area contributed by atoms with Gasteiger partial charge in [-0.1, -0.05) is 30.3 Å². The number of benzene rings is 2. The number of rotatable bonds is 5. The van der Waals surface area contributed by atoms with Gasteiger partial charge in [0.05, 0.1) is 17.3 Å². The van der Waals surface area contributed by atoms with E-state index in [1.807, 2.05) is 36.4 Å². The van der Waals surface area contributed by atoms with E-state index in [0.717, 1.165) is 10.6 Å². The maximum Gasteiger partial charge on any atom is 0.238 e. The van der Waals surface area contributed by atoms with E-state index < -0.39 is 0 Å². The van der Waals surface area contributed by atoms with Gasteiger partial charge < -0.3 is 0 Å². The molecule has 0 fully saturated rings. The van der Waals surface area contributed by atoms with E-state index in [2.05, 4.69) is 6.07 Å². The minimum absolute atomic E-state index is 0.285. The van der Waals surface area contributed by atoms with Gasteiger partial charge in [0.2, 0.25) is 6.41 Å². The number of nitriles is 1. The van der Waals surface area contributed by atoms with Gasteiger partial charge in [-0.3, -0.25) is 9.63 Å². The summed E-state index contributed by atoms with van der Waals surface area (Å²) in [7, 11) is 0. The quantitative estimate of drug-likeness (QED) is 0.606. The molecule has 4 heteroatoms. The van der Waals surface area contributed by atoms with Crippen LogP contribution in [0.2, 0.25) is 0 Å². The molecule has 19 heavy (non-hydrogen) atoms. The van der Waals surface area contributed by atoms with Gasteiger partial charge in [-0.05, 0) is 23.8 Å². The third-order valence-electron chi connectivity index (χ3n) is 2.47. The maximum atomic E-state index is 11.0. The lowest BCUT2D eigenvalue weighted by Gasteiger charge is -2.16. The average molecular weight is 251 g/mol. The Morgan fingerprint density at radius 2 is 2.05 bits per heavy atom. The predicted octanol–water partition coefficient (Wildman–Crippen LogP) is 2.45. The van der Waals surface area contributed by atoms with Crippen molar-refractivity contribution in [1.82, 2.24) is 0 Å². The largest absolute Gasteiger partial charge is 0.276 e. The summed E-state index contributed by atoms with van der Waals surface area (Å²) in [6.45, 7) is 0.285. The summed E-state index contributed by atoms with van der Waals surface area (Å²) in [6.07, 6.45) is 0.570. The lowest BCUT2D eigenvalue weighted by atomic mass is 10.2. The molecule has 2 aromatic carbocycles. The van der Waals surface area contributed by atoms with Crippen LogP contribution >= 0.6 is 0 Å². The fraction of sp³-hybridized carbons (Fsp3) is 0.0667. The van der Waals surface area contributed by atoms with Crippen molar-refractivity contribution in [2.75, 3.05) is 5.06 Å². The Labute approximate surface area is 111 Å². The maximum absolute atomic E-state index is 11.0. The minimum Gasteiger partial charge on any atom is -0.276 e. The summed E-state index contributed by atoms with van der Waals surface area (Å²) in [5.74, 6) is 0. The molecular formula is C15H11N2O2. The number of hydroxylamine groups is 1. The van der Waals surface area contributed by atoms with Crippen LogP contribution in [0.3, 0.4) is 0 Å². The lowest BCUT2D eigenvalue weighted by Crippen LogP contribution is -2.21. The van der Waals surface area contributed by atoms with Gasteiger partial charge in [0.1, 0.15) is 6.61 Å². The number of hydrogen-bond acceptors (Lipinski definition) is 3. The van der Waals surface area contributed by atoms with Gasteiger partial charge in [-0.25, -0.2) is 0 Å². The summed E-state index contributed by atoms with van der Waals surface area (Å²) in [5.41, 5.74) is 1.91. The molecule has 0 saturated heterocycles. The van der Waals surface area contributed by atoms with E-state index in [0.29, 0.717) is 17.7 Å². The Balaban J connectivity index is 2.03. The normalized spacial score (nSPS) is 9.63.